The molecule has 0 radical (unpaired) electrons. The van der Waals surface area contributed by atoms with Crippen LogP contribution in [0, 0.1) is 0 Å². The molecule has 1 saturated heterocycles. The summed E-state index contributed by atoms with van der Waals surface area (Å²) in [5, 5.41) is 19.9. The number of benzene rings is 1. The van der Waals surface area contributed by atoms with Crippen LogP contribution in [0.1, 0.15) is 13.1 Å². The normalized spacial score (nSPS) is 34.5. The molecule has 32 heavy (non-hydrogen) atoms. The third-order valence-corrected chi connectivity index (χ3v) is 6.25. The Morgan fingerprint density at radius 2 is 2.22 bits per heavy atom. The van der Waals surface area contributed by atoms with Crippen molar-refractivity contribution in [1.82, 2.24) is 9.55 Å². The molecule has 12 nitrogen and oxygen atoms in total. The van der Waals surface area contributed by atoms with Crippen LogP contribution < -0.4 is 20.5 Å². The molecule has 2 aromatic rings. The minimum absolute atomic E-state index is 0.0414. The molecule has 1 fully saturated rings. The summed E-state index contributed by atoms with van der Waals surface area (Å²) in [7, 11) is -3.11. The number of aliphatic hydroxyl groups excluding tert-OH is 2. The van der Waals surface area contributed by atoms with Crippen LogP contribution in [0.15, 0.2) is 34.0 Å². The summed E-state index contributed by atoms with van der Waals surface area (Å²) in [6.45, 7) is -1.57. The van der Waals surface area contributed by atoms with Gasteiger partial charge in [0.1, 0.15) is 23.8 Å². The maximum absolute atomic E-state index is 15.5. The number of methoxy groups -OCH3 is 1. The zero-order valence-electron chi connectivity index (χ0n) is 17.2. The number of rotatable bonds is 5. The molecule has 0 spiro atoms. The molecular formula is C17H17ClFN2O10P. The lowest BCUT2D eigenvalue weighted by Gasteiger charge is -2.28. The van der Waals surface area contributed by atoms with E-state index in [-0.39, 0.29) is 22.7 Å². The number of hydrogen-bond donors (Lipinski definition) is 3. The van der Waals surface area contributed by atoms with Crippen molar-refractivity contribution in [2.75, 3.05) is 13.7 Å². The van der Waals surface area contributed by atoms with Gasteiger partial charge < -0.3 is 24.2 Å². The van der Waals surface area contributed by atoms with Gasteiger partial charge in [-0.3, -0.25) is 23.4 Å². The summed E-state index contributed by atoms with van der Waals surface area (Å²) in [6.07, 6.45) is -7.15. The van der Waals surface area contributed by atoms with Crippen molar-refractivity contribution in [3.63, 3.8) is 0 Å². The highest BCUT2D eigenvalue weighted by atomic mass is 35.5. The summed E-state index contributed by atoms with van der Waals surface area (Å²) in [5.41, 5.74) is -1.79. The van der Waals surface area contributed by atoms with Crippen molar-refractivity contribution in [1.29, 1.82) is 0 Å². The Morgan fingerprint density at radius 1 is 1.47 bits per heavy atom. The summed E-state index contributed by atoms with van der Waals surface area (Å²) in [6, 6.07) is 4.77. The molecule has 1 aromatic heterocycles. The fourth-order valence-electron chi connectivity index (χ4n) is 3.04. The Labute approximate surface area is 185 Å². The van der Waals surface area contributed by atoms with E-state index in [9.17, 15) is 24.4 Å². The Hall–Kier alpha value is -2.25. The van der Waals surface area contributed by atoms with Crippen molar-refractivity contribution >= 4 is 19.4 Å². The molecule has 2 aliphatic heterocycles. The molecule has 1 unspecified atom stereocenters. The molecule has 0 aliphatic carbocycles. The molecule has 5 atom stereocenters. The average molecular weight is 496 g/mol. The van der Waals surface area contributed by atoms with Crippen molar-refractivity contribution in [2.45, 2.75) is 30.9 Å². The van der Waals surface area contributed by atoms with E-state index in [0.29, 0.717) is 11.8 Å². The average Bonchev–Trinajstić information content (AvgIpc) is 2.95. The number of alkyl halides is 1. The molecule has 3 N–H and O–H groups in total. The van der Waals surface area contributed by atoms with Gasteiger partial charge in [-0.05, 0) is 6.07 Å². The molecule has 0 bridgehead atoms. The van der Waals surface area contributed by atoms with E-state index < -0.39 is 55.0 Å². The molecule has 3 heterocycles. The molecule has 4 rings (SSSR count). The maximum atomic E-state index is 15.5. The quantitative estimate of drug-likeness (QED) is 0.507. The van der Waals surface area contributed by atoms with Gasteiger partial charge in [0.05, 0.1) is 15.1 Å². The highest BCUT2D eigenvalue weighted by Gasteiger charge is 2.57. The van der Waals surface area contributed by atoms with Crippen LogP contribution in [0.2, 0.25) is 5.02 Å². The predicted molar refractivity (Wildman–Crippen MR) is 104 cm³/mol. The van der Waals surface area contributed by atoms with Crippen LogP contribution in [0.25, 0.3) is 0 Å². The summed E-state index contributed by atoms with van der Waals surface area (Å²) >= 11 is 5.64. The molecule has 0 amide bonds. The largest absolute Gasteiger partial charge is 0.530 e. The molecule has 174 valence electrons. The van der Waals surface area contributed by atoms with E-state index >= 15 is 4.39 Å². The Morgan fingerprint density at radius 3 is 2.94 bits per heavy atom. The second kappa shape index (κ2) is 8.27. The minimum atomic E-state index is -4.46. The van der Waals surface area contributed by atoms with E-state index in [4.69, 9.17) is 36.0 Å². The highest BCUT2D eigenvalue weighted by molar-refractivity contribution is 7.49. The molecule has 0 saturated carbocycles. The predicted octanol–water partition coefficient (Wildman–Crippen LogP) is 0.849. The van der Waals surface area contributed by atoms with Crippen LogP contribution in [0.3, 0.4) is 0 Å². The standard InChI is InChI=1S/C17H17ClFN2O10P/c1-27-10-4-2-3-8-6-28-32(26,31-12(8)10)29-7-17(19)13(23)11(22)15(30-17)21-5-9(18)14(24)20-16(21)25/h2-5,11,13,15,22-23H,6-7H2,1H3,(H,20,24,25)/t11-,13+,15-,17-,32?/m1/s1/i15D. The van der Waals surface area contributed by atoms with Gasteiger partial charge in [-0.15, -0.1) is 0 Å². The number of phosphoric acid groups is 1. The zero-order valence-corrected chi connectivity index (χ0v) is 17.8. The van der Waals surface area contributed by atoms with Gasteiger partial charge in [0, 0.05) is 11.8 Å². The highest BCUT2D eigenvalue weighted by Crippen LogP contribution is 2.57. The van der Waals surface area contributed by atoms with Crippen LogP contribution in [-0.4, -0.2) is 51.5 Å². The van der Waals surface area contributed by atoms with E-state index in [1.54, 1.807) is 17.1 Å². The molecule has 2 aliphatic rings. The first-order valence-corrected chi connectivity index (χ1v) is 10.8. The molecule has 15 heteroatoms. The SMILES string of the molecule is [2H][C@@]1(n2cc(Cl)c(=O)[nH]c2=O)O[C@](F)(COP2(=O)OCc3cccc(OC)c3O2)[C@@H](O)[C@H]1O. The summed E-state index contributed by atoms with van der Waals surface area (Å²) < 4.78 is 62.1. The van der Waals surface area contributed by atoms with Gasteiger partial charge in [0.15, 0.2) is 17.7 Å². The van der Waals surface area contributed by atoms with E-state index in [0.717, 1.165) is 0 Å². The van der Waals surface area contributed by atoms with Gasteiger partial charge >= 0.3 is 13.5 Å². The number of halogens is 2. The zero-order chi connectivity index (χ0) is 24.2. The fourth-order valence-corrected chi connectivity index (χ4v) is 4.43. The number of hydrogen-bond acceptors (Lipinski definition) is 10. The van der Waals surface area contributed by atoms with Crippen molar-refractivity contribution in [3.05, 3.63) is 55.8 Å². The number of nitrogens with one attached hydrogen (secondary N) is 1. The van der Waals surface area contributed by atoms with Gasteiger partial charge in [0.25, 0.3) is 11.4 Å². The van der Waals surface area contributed by atoms with Crippen LogP contribution in [0.5, 0.6) is 11.5 Å². The van der Waals surface area contributed by atoms with Crippen LogP contribution in [-0.2, 0) is 25.0 Å². The second-order valence-electron chi connectivity index (χ2n) is 6.76. The number of H-pyrrole nitrogens is 1. The van der Waals surface area contributed by atoms with Crippen molar-refractivity contribution in [3.8, 4) is 11.5 Å². The van der Waals surface area contributed by atoms with Crippen molar-refractivity contribution < 1.29 is 43.6 Å². The second-order valence-corrected chi connectivity index (χ2v) is 8.76. The van der Waals surface area contributed by atoms with Gasteiger partial charge in [-0.2, -0.15) is 0 Å². The first-order valence-electron chi connectivity index (χ1n) is 9.44. The van der Waals surface area contributed by atoms with Crippen LogP contribution in [0.4, 0.5) is 4.39 Å². The first kappa shape index (κ1) is 21.6. The van der Waals surface area contributed by atoms with E-state index in [2.05, 4.69) is 0 Å². The lowest BCUT2D eigenvalue weighted by molar-refractivity contribution is -0.205. The van der Waals surface area contributed by atoms with Gasteiger partial charge in [-0.1, -0.05) is 23.7 Å². The van der Waals surface area contributed by atoms with Gasteiger partial charge in [0.2, 0.25) is 0 Å². The number of aliphatic hydroxyl groups is 2. The third kappa shape index (κ3) is 3.97. The number of aromatic nitrogens is 2. The Balaban J connectivity index is 1.58. The monoisotopic (exact) mass is 495 g/mol. The number of para-hydroxylation sites is 1. The van der Waals surface area contributed by atoms with Gasteiger partial charge in [-0.25, -0.2) is 13.8 Å². The first-order chi connectivity index (χ1) is 15.4. The van der Waals surface area contributed by atoms with Crippen molar-refractivity contribution in [2.24, 2.45) is 0 Å². The number of fused-ring (bicyclic) bond motifs is 1. The van der Waals surface area contributed by atoms with E-state index in [1.165, 1.54) is 13.2 Å². The van der Waals surface area contributed by atoms with E-state index in [1.807, 2.05) is 0 Å². The third-order valence-electron chi connectivity index (χ3n) is 4.69. The molecular weight excluding hydrogens is 478 g/mol. The topological polar surface area (TPSA) is 159 Å². The maximum Gasteiger partial charge on any atom is 0.530 e. The summed E-state index contributed by atoms with van der Waals surface area (Å²) in [5.74, 6) is -3.10. The Bertz CT molecular complexity index is 1240. The number of ether oxygens (including phenoxy) is 2. The number of phosphoric ester groups is 1. The Kier molecular flexibility index (Phi) is 5.58. The van der Waals surface area contributed by atoms with Crippen LogP contribution >= 0.6 is 19.4 Å². The minimum Gasteiger partial charge on any atom is -0.493 e. The number of aromatic amines is 1. The smallest absolute Gasteiger partial charge is 0.493 e. The lowest BCUT2D eigenvalue weighted by atomic mass is 10.1. The number of nitrogens with zero attached hydrogens (tertiary/aromatic N) is 1. The summed E-state index contributed by atoms with van der Waals surface area (Å²) in [4.78, 5) is 25.3. The lowest BCUT2D eigenvalue weighted by Crippen LogP contribution is -2.43. The molecule has 1 aromatic carbocycles. The fraction of sp³-hybridized carbons (Fsp3) is 0.412.